The SMILES string of the molecule is CC(F)(F)C(F)(F)C(F)(F)OC(F)(F)C(F)=C(F)F. The van der Waals surface area contributed by atoms with Crippen LogP contribution in [0.3, 0.4) is 0 Å². The quantitative estimate of drug-likeness (QED) is 0.676. The van der Waals surface area contributed by atoms with Crippen LogP contribution in [-0.2, 0) is 4.74 Å². The summed E-state index contributed by atoms with van der Waals surface area (Å²) in [6.45, 7) is -0.760. The molecule has 0 unspecified atom stereocenters. The van der Waals surface area contributed by atoms with Crippen molar-refractivity contribution in [2.24, 2.45) is 0 Å². The van der Waals surface area contributed by atoms with Gasteiger partial charge in [-0.25, -0.2) is 4.74 Å². The molecular formula is C7H3F11O. The highest BCUT2D eigenvalue weighted by molar-refractivity contribution is 5.01. The van der Waals surface area contributed by atoms with E-state index in [2.05, 4.69) is 0 Å². The van der Waals surface area contributed by atoms with Crippen molar-refractivity contribution < 1.29 is 53.0 Å². The predicted octanol–water partition coefficient (Wildman–Crippen LogP) is 4.56. The summed E-state index contributed by atoms with van der Waals surface area (Å²) in [5, 5.41) is 0. The molecular weight excluding hydrogens is 309 g/mol. The molecule has 0 fully saturated rings. The van der Waals surface area contributed by atoms with Crippen molar-refractivity contribution in [1.29, 1.82) is 0 Å². The first-order valence-corrected chi connectivity index (χ1v) is 3.99. The van der Waals surface area contributed by atoms with E-state index in [0.717, 1.165) is 0 Å². The fourth-order valence-corrected chi connectivity index (χ4v) is 0.635. The van der Waals surface area contributed by atoms with Crippen LogP contribution in [0.25, 0.3) is 0 Å². The maximum absolute atomic E-state index is 12.5. The minimum absolute atomic E-state index is 0.760. The van der Waals surface area contributed by atoms with E-state index < -0.39 is 42.9 Å². The lowest BCUT2D eigenvalue weighted by Gasteiger charge is -2.31. The molecule has 19 heavy (non-hydrogen) atoms. The summed E-state index contributed by atoms with van der Waals surface area (Å²) in [6, 6.07) is 0. The van der Waals surface area contributed by atoms with Crippen LogP contribution < -0.4 is 0 Å². The van der Waals surface area contributed by atoms with E-state index in [0.29, 0.717) is 0 Å². The first-order chi connectivity index (χ1) is 8.06. The summed E-state index contributed by atoms with van der Waals surface area (Å²) in [5.74, 6) is -15.9. The van der Waals surface area contributed by atoms with Crippen molar-refractivity contribution in [2.75, 3.05) is 0 Å². The summed E-state index contributed by atoms with van der Waals surface area (Å²) in [4.78, 5) is 0. The summed E-state index contributed by atoms with van der Waals surface area (Å²) in [5.41, 5.74) is 0. The summed E-state index contributed by atoms with van der Waals surface area (Å²) in [7, 11) is 0. The molecule has 0 N–H and O–H groups in total. The fraction of sp³-hybridized carbons (Fsp3) is 0.714. The molecule has 1 nitrogen and oxygen atoms in total. The summed E-state index contributed by atoms with van der Waals surface area (Å²) < 4.78 is 135. The molecule has 0 radical (unpaired) electrons. The van der Waals surface area contributed by atoms with Crippen LogP contribution in [0, 0.1) is 0 Å². The van der Waals surface area contributed by atoms with Gasteiger partial charge in [-0.05, 0) is 0 Å². The van der Waals surface area contributed by atoms with Gasteiger partial charge in [0.25, 0.3) is 5.83 Å². The second-order valence-electron chi connectivity index (χ2n) is 3.17. The third-order valence-corrected chi connectivity index (χ3v) is 1.59. The normalized spacial score (nSPS) is 14.5. The minimum atomic E-state index is -6.61. The molecule has 0 aliphatic rings. The molecule has 0 rings (SSSR count). The number of alkyl halides is 8. The van der Waals surface area contributed by atoms with Crippen LogP contribution in [0.1, 0.15) is 6.92 Å². The molecule has 0 aromatic carbocycles. The van der Waals surface area contributed by atoms with Gasteiger partial charge in [-0.15, -0.1) is 0 Å². The lowest BCUT2D eigenvalue weighted by Crippen LogP contribution is -2.56. The third kappa shape index (κ3) is 3.48. The zero-order chi connectivity index (χ0) is 15.9. The lowest BCUT2D eigenvalue weighted by molar-refractivity contribution is -0.450. The Morgan fingerprint density at radius 1 is 0.789 bits per heavy atom. The first-order valence-electron chi connectivity index (χ1n) is 3.99. The van der Waals surface area contributed by atoms with Gasteiger partial charge in [0.2, 0.25) is 0 Å². The topological polar surface area (TPSA) is 9.23 Å². The van der Waals surface area contributed by atoms with E-state index in [1.165, 1.54) is 0 Å². The molecule has 0 amide bonds. The Kier molecular flexibility index (Phi) is 4.53. The Morgan fingerprint density at radius 2 is 1.16 bits per heavy atom. The van der Waals surface area contributed by atoms with Crippen LogP contribution in [0.2, 0.25) is 0 Å². The maximum Gasteiger partial charge on any atom is 0.430 e. The largest absolute Gasteiger partial charge is 0.430 e. The molecule has 0 heterocycles. The maximum atomic E-state index is 12.5. The van der Waals surface area contributed by atoms with Gasteiger partial charge in [0.15, 0.2) is 0 Å². The van der Waals surface area contributed by atoms with E-state index in [9.17, 15) is 48.3 Å². The van der Waals surface area contributed by atoms with Crippen molar-refractivity contribution in [3.63, 3.8) is 0 Å². The smallest absolute Gasteiger partial charge is 0.244 e. The molecule has 0 saturated carbocycles. The predicted molar refractivity (Wildman–Crippen MR) is 36.9 cm³/mol. The molecule has 114 valence electrons. The van der Waals surface area contributed by atoms with E-state index in [1.807, 2.05) is 4.74 Å². The van der Waals surface area contributed by atoms with Gasteiger partial charge in [-0.2, -0.15) is 48.3 Å². The van der Waals surface area contributed by atoms with Crippen molar-refractivity contribution in [3.05, 3.63) is 11.9 Å². The number of hydrogen-bond donors (Lipinski definition) is 0. The van der Waals surface area contributed by atoms with Gasteiger partial charge in [-0.1, -0.05) is 0 Å². The standard InChI is InChI=1S/C7H3F11O/c1-4(11,12)6(15,16)7(17,18)19-5(13,14)2(8)3(9)10/h1H3. The average Bonchev–Trinajstić information content (AvgIpc) is 2.12. The van der Waals surface area contributed by atoms with Crippen LogP contribution in [0.5, 0.6) is 0 Å². The van der Waals surface area contributed by atoms with Gasteiger partial charge in [0.05, 0.1) is 0 Å². The Morgan fingerprint density at radius 3 is 1.42 bits per heavy atom. The van der Waals surface area contributed by atoms with Gasteiger partial charge in [0, 0.05) is 6.92 Å². The molecule has 0 atom stereocenters. The first kappa shape index (κ1) is 17.9. The number of rotatable bonds is 5. The summed E-state index contributed by atoms with van der Waals surface area (Å²) >= 11 is 0. The highest BCUT2D eigenvalue weighted by atomic mass is 19.4. The van der Waals surface area contributed by atoms with Crippen LogP contribution in [0.4, 0.5) is 48.3 Å². The second kappa shape index (κ2) is 4.80. The Bertz CT molecular complexity index is 362. The Balaban J connectivity index is 5.46. The number of ether oxygens (including phenoxy) is 1. The average molecular weight is 312 g/mol. The molecule has 12 heteroatoms. The molecule has 0 aliphatic carbocycles. The van der Waals surface area contributed by atoms with Gasteiger partial charge >= 0.3 is 30.1 Å². The number of hydrogen-bond acceptors (Lipinski definition) is 1. The monoisotopic (exact) mass is 312 g/mol. The fourth-order valence-electron chi connectivity index (χ4n) is 0.635. The van der Waals surface area contributed by atoms with Gasteiger partial charge in [0.1, 0.15) is 0 Å². The van der Waals surface area contributed by atoms with Gasteiger partial charge < -0.3 is 0 Å². The highest BCUT2D eigenvalue weighted by Gasteiger charge is 2.73. The molecule has 0 aliphatic heterocycles. The van der Waals surface area contributed by atoms with Crippen molar-refractivity contribution in [3.8, 4) is 0 Å². The lowest BCUT2D eigenvalue weighted by atomic mass is 10.2. The molecule has 0 saturated heterocycles. The Labute approximate surface area is 97.2 Å². The van der Waals surface area contributed by atoms with E-state index in [4.69, 9.17) is 0 Å². The minimum Gasteiger partial charge on any atom is -0.244 e. The Hall–Kier alpha value is -1.07. The highest BCUT2D eigenvalue weighted by Crippen LogP contribution is 2.49. The zero-order valence-corrected chi connectivity index (χ0v) is 8.57. The molecule has 0 bridgehead atoms. The van der Waals surface area contributed by atoms with Crippen LogP contribution in [0.15, 0.2) is 11.9 Å². The molecule has 0 spiro atoms. The van der Waals surface area contributed by atoms with E-state index >= 15 is 0 Å². The van der Waals surface area contributed by atoms with Crippen molar-refractivity contribution in [2.45, 2.75) is 31.0 Å². The third-order valence-electron chi connectivity index (χ3n) is 1.59. The van der Waals surface area contributed by atoms with E-state index in [1.54, 1.807) is 0 Å². The van der Waals surface area contributed by atoms with E-state index in [-0.39, 0.29) is 0 Å². The second-order valence-corrected chi connectivity index (χ2v) is 3.17. The van der Waals surface area contributed by atoms with Crippen LogP contribution in [-0.4, -0.2) is 24.1 Å². The van der Waals surface area contributed by atoms with Gasteiger partial charge in [-0.3, -0.25) is 0 Å². The number of halogens is 11. The molecule has 0 aromatic heterocycles. The van der Waals surface area contributed by atoms with Crippen LogP contribution >= 0.6 is 0 Å². The molecule has 0 aromatic rings. The van der Waals surface area contributed by atoms with Crippen molar-refractivity contribution in [1.82, 2.24) is 0 Å². The van der Waals surface area contributed by atoms with Crippen molar-refractivity contribution >= 4 is 0 Å². The summed E-state index contributed by atoms with van der Waals surface area (Å²) in [6.07, 6.45) is -16.7. The zero-order valence-electron chi connectivity index (χ0n) is 8.57.